The zero-order valence-corrected chi connectivity index (χ0v) is 14.1. The second-order valence-electron chi connectivity index (χ2n) is 7.51. The molecule has 0 aromatic carbocycles. The highest BCUT2D eigenvalue weighted by Crippen LogP contribution is 2.49. The number of rotatable bonds is 6. The van der Waals surface area contributed by atoms with E-state index in [0.717, 1.165) is 30.7 Å². The van der Waals surface area contributed by atoms with Gasteiger partial charge in [-0.15, -0.1) is 0 Å². The van der Waals surface area contributed by atoms with E-state index < -0.39 is 5.60 Å². The summed E-state index contributed by atoms with van der Waals surface area (Å²) in [4.78, 5) is 11.9. The Labute approximate surface area is 137 Å². The van der Waals surface area contributed by atoms with Crippen LogP contribution in [0.15, 0.2) is 12.4 Å². The third-order valence-electron chi connectivity index (χ3n) is 5.61. The van der Waals surface area contributed by atoms with E-state index in [1.807, 2.05) is 0 Å². The van der Waals surface area contributed by atoms with E-state index in [4.69, 9.17) is 0 Å². The Morgan fingerprint density at radius 1 is 1.43 bits per heavy atom. The van der Waals surface area contributed by atoms with Gasteiger partial charge in [-0.2, -0.15) is 5.10 Å². The zero-order chi connectivity index (χ0) is 16.4. The predicted molar refractivity (Wildman–Crippen MR) is 87.7 cm³/mol. The smallest absolute Gasteiger partial charge is 0.314 e. The molecule has 2 bridgehead atoms. The van der Waals surface area contributed by atoms with E-state index in [2.05, 4.69) is 15.7 Å². The molecule has 3 rings (SSSR count). The monoisotopic (exact) mass is 320 g/mol. The Bertz CT molecular complexity index is 555. The number of carbonyl (C=O) groups is 1. The van der Waals surface area contributed by atoms with Crippen LogP contribution in [0.4, 0.5) is 4.79 Å². The molecule has 4 unspecified atom stereocenters. The lowest BCUT2D eigenvalue weighted by molar-refractivity contribution is 0.0593. The third kappa shape index (κ3) is 3.86. The fourth-order valence-electron chi connectivity index (χ4n) is 4.22. The molecule has 3 N–H and O–H groups in total. The van der Waals surface area contributed by atoms with Crippen LogP contribution >= 0.6 is 0 Å². The summed E-state index contributed by atoms with van der Waals surface area (Å²) in [6.45, 7) is 2.56. The van der Waals surface area contributed by atoms with Crippen molar-refractivity contribution >= 4 is 6.03 Å². The highest BCUT2D eigenvalue weighted by Gasteiger charge is 2.38. The molecule has 6 heteroatoms. The van der Waals surface area contributed by atoms with Crippen molar-refractivity contribution in [1.82, 2.24) is 20.4 Å². The molecule has 23 heavy (non-hydrogen) atoms. The van der Waals surface area contributed by atoms with Crippen molar-refractivity contribution < 1.29 is 9.90 Å². The van der Waals surface area contributed by atoms with Crippen LogP contribution in [0.1, 0.15) is 44.6 Å². The van der Waals surface area contributed by atoms with Crippen LogP contribution in [0.5, 0.6) is 0 Å². The number of aromatic nitrogens is 2. The first kappa shape index (κ1) is 16.3. The molecule has 0 spiro atoms. The molecule has 128 valence electrons. The third-order valence-corrected chi connectivity index (χ3v) is 5.61. The average Bonchev–Trinajstić information content (AvgIpc) is 3.22. The van der Waals surface area contributed by atoms with Gasteiger partial charge in [-0.3, -0.25) is 4.68 Å². The summed E-state index contributed by atoms with van der Waals surface area (Å²) in [5.74, 6) is 2.65. The van der Waals surface area contributed by atoms with Crippen LogP contribution in [0.2, 0.25) is 0 Å². The number of hydrogen-bond donors (Lipinski definition) is 3. The van der Waals surface area contributed by atoms with E-state index in [0.29, 0.717) is 5.56 Å². The maximum atomic E-state index is 11.9. The number of aliphatic hydroxyl groups is 1. The minimum atomic E-state index is -1.11. The largest absolute Gasteiger partial charge is 0.383 e. The maximum Gasteiger partial charge on any atom is 0.314 e. The van der Waals surface area contributed by atoms with Gasteiger partial charge in [-0.25, -0.2) is 4.79 Å². The van der Waals surface area contributed by atoms with Crippen molar-refractivity contribution in [3.05, 3.63) is 18.0 Å². The number of hydrogen-bond acceptors (Lipinski definition) is 3. The molecule has 6 nitrogen and oxygen atoms in total. The lowest BCUT2D eigenvalue weighted by atomic mass is 9.86. The van der Waals surface area contributed by atoms with Crippen molar-refractivity contribution in [2.45, 2.75) is 44.6 Å². The quantitative estimate of drug-likeness (QED) is 0.747. The molecule has 1 aromatic heterocycles. The molecule has 0 radical (unpaired) electrons. The molecule has 2 saturated carbocycles. The summed E-state index contributed by atoms with van der Waals surface area (Å²) in [7, 11) is 1.80. The summed E-state index contributed by atoms with van der Waals surface area (Å²) in [5.41, 5.74) is -0.418. The summed E-state index contributed by atoms with van der Waals surface area (Å²) in [6, 6.07) is -0.211. The Morgan fingerprint density at radius 3 is 2.87 bits per heavy atom. The number of urea groups is 1. The number of nitrogens with one attached hydrogen (secondary N) is 2. The lowest BCUT2D eigenvalue weighted by Crippen LogP contribution is -2.43. The molecule has 4 atom stereocenters. The number of carbonyl (C=O) groups excluding carboxylic acids is 1. The van der Waals surface area contributed by atoms with Crippen LogP contribution in [0, 0.1) is 17.8 Å². The molecule has 1 heterocycles. The first-order chi connectivity index (χ1) is 10.9. The van der Waals surface area contributed by atoms with E-state index in [9.17, 15) is 9.90 Å². The summed E-state index contributed by atoms with van der Waals surface area (Å²) < 4.78 is 1.64. The summed E-state index contributed by atoms with van der Waals surface area (Å²) in [5, 5.41) is 20.1. The molecular formula is C17H28N4O2. The van der Waals surface area contributed by atoms with Gasteiger partial charge >= 0.3 is 6.03 Å². The summed E-state index contributed by atoms with van der Waals surface area (Å²) >= 11 is 0. The van der Waals surface area contributed by atoms with Crippen LogP contribution < -0.4 is 10.6 Å². The van der Waals surface area contributed by atoms with Crippen molar-refractivity contribution in [3.8, 4) is 0 Å². The van der Waals surface area contributed by atoms with E-state index in [1.165, 1.54) is 25.7 Å². The molecule has 2 fully saturated rings. The first-order valence-electron chi connectivity index (χ1n) is 8.67. The Balaban J connectivity index is 1.36. The van der Waals surface area contributed by atoms with Gasteiger partial charge in [0.05, 0.1) is 12.7 Å². The minimum absolute atomic E-state index is 0.165. The molecule has 2 amide bonds. The van der Waals surface area contributed by atoms with E-state index in [-0.39, 0.29) is 12.6 Å². The maximum absolute atomic E-state index is 11.9. The van der Waals surface area contributed by atoms with Crippen LogP contribution in [0.3, 0.4) is 0 Å². The zero-order valence-electron chi connectivity index (χ0n) is 14.1. The average molecular weight is 320 g/mol. The standard InChI is InChI=1S/C17H28N4O2/c1-17(23,15-9-20-21(2)10-15)11-19-16(22)18-6-5-14-8-12-3-4-13(14)7-12/h9-10,12-14,23H,3-8,11H2,1-2H3,(H2,18,19,22). The number of amides is 2. The SMILES string of the molecule is Cn1cc(C(C)(O)CNC(=O)NCCC2CC3CCC2C3)cn1. The first-order valence-corrected chi connectivity index (χ1v) is 8.67. The second kappa shape index (κ2) is 6.51. The Kier molecular flexibility index (Phi) is 4.62. The van der Waals surface area contributed by atoms with Crippen LogP contribution in [-0.2, 0) is 12.6 Å². The van der Waals surface area contributed by atoms with E-state index >= 15 is 0 Å². The number of nitrogens with zero attached hydrogens (tertiary/aromatic N) is 2. The molecule has 1 aromatic rings. The van der Waals surface area contributed by atoms with Gasteiger partial charge in [-0.1, -0.05) is 6.42 Å². The van der Waals surface area contributed by atoms with Gasteiger partial charge in [0.15, 0.2) is 0 Å². The van der Waals surface area contributed by atoms with Crippen LogP contribution in [-0.4, -0.2) is 34.0 Å². The van der Waals surface area contributed by atoms with Crippen molar-refractivity contribution in [2.75, 3.05) is 13.1 Å². The van der Waals surface area contributed by atoms with Gasteiger partial charge < -0.3 is 15.7 Å². The summed E-state index contributed by atoms with van der Waals surface area (Å²) in [6.07, 6.45) is 10.0. The van der Waals surface area contributed by atoms with Gasteiger partial charge in [0, 0.05) is 25.4 Å². The van der Waals surface area contributed by atoms with Gasteiger partial charge in [0.1, 0.15) is 5.60 Å². The molecule has 2 aliphatic carbocycles. The second-order valence-corrected chi connectivity index (χ2v) is 7.51. The van der Waals surface area contributed by atoms with Gasteiger partial charge in [0.2, 0.25) is 0 Å². The highest BCUT2D eigenvalue weighted by atomic mass is 16.3. The molecule has 2 aliphatic rings. The fraction of sp³-hybridized carbons (Fsp3) is 0.765. The van der Waals surface area contributed by atoms with Gasteiger partial charge in [-0.05, 0) is 50.4 Å². The lowest BCUT2D eigenvalue weighted by Gasteiger charge is -2.23. The van der Waals surface area contributed by atoms with Crippen molar-refractivity contribution in [3.63, 3.8) is 0 Å². The fourth-order valence-corrected chi connectivity index (χ4v) is 4.22. The molecule has 0 aliphatic heterocycles. The van der Waals surface area contributed by atoms with Crippen molar-refractivity contribution in [1.29, 1.82) is 0 Å². The highest BCUT2D eigenvalue weighted by molar-refractivity contribution is 5.73. The van der Waals surface area contributed by atoms with Crippen LogP contribution in [0.25, 0.3) is 0 Å². The van der Waals surface area contributed by atoms with E-state index in [1.54, 1.807) is 31.0 Å². The normalized spacial score (nSPS) is 28.6. The minimum Gasteiger partial charge on any atom is -0.383 e. The Hall–Kier alpha value is -1.56. The topological polar surface area (TPSA) is 79.2 Å². The predicted octanol–water partition coefficient (Wildman–Crippen LogP) is 1.75. The molecule has 0 saturated heterocycles. The van der Waals surface area contributed by atoms with Gasteiger partial charge in [0.25, 0.3) is 0 Å². The number of fused-ring (bicyclic) bond motifs is 2. The molecular weight excluding hydrogens is 292 g/mol. The van der Waals surface area contributed by atoms with Crippen molar-refractivity contribution in [2.24, 2.45) is 24.8 Å². The number of aryl methyl sites for hydroxylation is 1. The Morgan fingerprint density at radius 2 is 2.26 bits per heavy atom.